The zero-order chi connectivity index (χ0) is 22.0. The van der Waals surface area contributed by atoms with Crippen LogP contribution in [0.25, 0.3) is 5.78 Å². The largest absolute Gasteiger partial charge is 0.379 e. The normalized spacial score (nSPS) is 15.4. The molecular weight excluding hydrogens is 440 g/mol. The number of hydrogen-bond acceptors (Lipinski definition) is 8. The summed E-state index contributed by atoms with van der Waals surface area (Å²) in [4.78, 5) is 21.7. The first-order valence-corrected chi connectivity index (χ1v) is 12.2. The molecule has 3 aromatic heterocycles. The summed E-state index contributed by atoms with van der Waals surface area (Å²) in [5, 5.41) is 7.04. The number of carbonyl (C=O) groups is 1. The minimum atomic E-state index is -3.51. The molecule has 1 amide bonds. The van der Waals surface area contributed by atoms with E-state index in [1.807, 2.05) is 13.8 Å². The highest BCUT2D eigenvalue weighted by Gasteiger charge is 2.27. The predicted octanol–water partition coefficient (Wildman–Crippen LogP) is 1.07. The fourth-order valence-corrected chi connectivity index (χ4v) is 6.39. The maximum absolute atomic E-state index is 12.7. The Morgan fingerprint density at radius 3 is 2.81 bits per heavy atom. The van der Waals surface area contributed by atoms with E-state index in [0.29, 0.717) is 51.5 Å². The lowest BCUT2D eigenvalue weighted by Gasteiger charge is -2.25. The van der Waals surface area contributed by atoms with Crippen LogP contribution in [0.5, 0.6) is 0 Å². The minimum Gasteiger partial charge on any atom is -0.379 e. The highest BCUT2D eigenvalue weighted by molar-refractivity contribution is 7.91. The van der Waals surface area contributed by atoms with Gasteiger partial charge in [0.25, 0.3) is 15.8 Å². The van der Waals surface area contributed by atoms with Crippen molar-refractivity contribution in [3.05, 3.63) is 40.3 Å². The first-order valence-electron chi connectivity index (χ1n) is 9.95. The molecule has 1 fully saturated rings. The highest BCUT2D eigenvalue weighted by Crippen LogP contribution is 2.25. The van der Waals surface area contributed by atoms with Gasteiger partial charge in [-0.15, -0.1) is 11.3 Å². The van der Waals surface area contributed by atoms with Crippen molar-refractivity contribution < 1.29 is 17.9 Å². The molecule has 4 rings (SSSR count). The maximum Gasteiger partial charge on any atom is 0.252 e. The maximum atomic E-state index is 12.7. The van der Waals surface area contributed by atoms with Gasteiger partial charge in [-0.25, -0.2) is 17.9 Å². The molecule has 1 aliphatic heterocycles. The molecule has 0 atom stereocenters. The number of carbonyl (C=O) groups excluding carboxylic acids is 1. The summed E-state index contributed by atoms with van der Waals surface area (Å²) in [7, 11) is -3.51. The Bertz CT molecular complexity index is 1200. The van der Waals surface area contributed by atoms with Crippen LogP contribution in [0, 0.1) is 13.8 Å². The molecule has 3 aromatic rings. The van der Waals surface area contributed by atoms with E-state index in [0.717, 1.165) is 21.8 Å². The van der Waals surface area contributed by atoms with Crippen molar-refractivity contribution >= 4 is 33.0 Å². The van der Waals surface area contributed by atoms with E-state index in [9.17, 15) is 13.2 Å². The Hall–Kier alpha value is -2.41. The summed E-state index contributed by atoms with van der Waals surface area (Å²) in [6.07, 6.45) is 2.29. The Morgan fingerprint density at radius 1 is 1.26 bits per heavy atom. The molecule has 10 nitrogen and oxygen atoms in total. The number of rotatable bonds is 7. The molecule has 0 spiro atoms. The standard InChI is InChI=1S/C19H24N6O4S2/c1-13-16(14(2)25-19(23-13)21-12-22-25)4-5-17(26)20-11-15-3-6-18(30-15)31(27,28)24-7-9-29-10-8-24/h3,6,12H,4-5,7-11H2,1-2H3,(H,20,26). The lowest BCUT2D eigenvalue weighted by Crippen LogP contribution is -2.40. The molecule has 0 aromatic carbocycles. The van der Waals surface area contributed by atoms with Crippen LogP contribution in [0.1, 0.15) is 28.2 Å². The van der Waals surface area contributed by atoms with Gasteiger partial charge in [0, 0.05) is 35.8 Å². The zero-order valence-electron chi connectivity index (χ0n) is 17.4. The SMILES string of the molecule is Cc1nc2ncnn2c(C)c1CCC(=O)NCc1ccc(S(=O)(=O)N2CCOCC2)s1. The summed E-state index contributed by atoms with van der Waals surface area (Å²) in [5.41, 5.74) is 2.73. The van der Waals surface area contributed by atoms with Crippen LogP contribution in [0.15, 0.2) is 22.7 Å². The third kappa shape index (κ3) is 4.61. The summed E-state index contributed by atoms with van der Waals surface area (Å²) in [5.74, 6) is 0.437. The van der Waals surface area contributed by atoms with Crippen molar-refractivity contribution in [2.75, 3.05) is 26.3 Å². The number of thiophene rings is 1. The fraction of sp³-hybridized carbons (Fsp3) is 0.474. The average Bonchev–Trinajstić information content (AvgIpc) is 3.42. The monoisotopic (exact) mass is 464 g/mol. The van der Waals surface area contributed by atoms with Crippen LogP contribution < -0.4 is 5.32 Å². The third-order valence-electron chi connectivity index (χ3n) is 5.25. The van der Waals surface area contributed by atoms with Crippen molar-refractivity contribution in [2.24, 2.45) is 0 Å². The molecule has 0 aliphatic carbocycles. The number of fused-ring (bicyclic) bond motifs is 1. The molecule has 1 saturated heterocycles. The molecule has 0 bridgehead atoms. The quantitative estimate of drug-likeness (QED) is 0.556. The lowest BCUT2D eigenvalue weighted by molar-refractivity contribution is -0.121. The van der Waals surface area contributed by atoms with Crippen LogP contribution in [0.2, 0.25) is 0 Å². The molecule has 31 heavy (non-hydrogen) atoms. The zero-order valence-corrected chi connectivity index (χ0v) is 19.0. The van der Waals surface area contributed by atoms with Crippen LogP contribution in [0.4, 0.5) is 0 Å². The average molecular weight is 465 g/mol. The van der Waals surface area contributed by atoms with E-state index in [1.165, 1.54) is 22.0 Å². The van der Waals surface area contributed by atoms with Gasteiger partial charge in [0.15, 0.2) is 0 Å². The van der Waals surface area contributed by atoms with E-state index < -0.39 is 10.0 Å². The number of aromatic nitrogens is 4. The molecule has 1 N–H and O–H groups in total. The van der Waals surface area contributed by atoms with Crippen molar-refractivity contribution in [3.8, 4) is 0 Å². The van der Waals surface area contributed by atoms with Gasteiger partial charge < -0.3 is 10.1 Å². The summed E-state index contributed by atoms with van der Waals surface area (Å²) >= 11 is 1.18. The van der Waals surface area contributed by atoms with Crippen molar-refractivity contribution in [2.45, 2.75) is 37.4 Å². The van der Waals surface area contributed by atoms with Gasteiger partial charge in [-0.3, -0.25) is 4.79 Å². The second-order valence-corrected chi connectivity index (χ2v) is 10.6. The molecular formula is C19H24N6O4S2. The van der Waals surface area contributed by atoms with Gasteiger partial charge in [0.1, 0.15) is 10.5 Å². The second-order valence-electron chi connectivity index (χ2n) is 7.25. The molecule has 1 aliphatic rings. The number of nitrogens with one attached hydrogen (secondary N) is 1. The summed E-state index contributed by atoms with van der Waals surface area (Å²) < 4.78 is 34.0. The number of aryl methyl sites for hydroxylation is 2. The predicted molar refractivity (Wildman–Crippen MR) is 114 cm³/mol. The van der Waals surface area contributed by atoms with E-state index in [4.69, 9.17) is 4.74 Å². The lowest BCUT2D eigenvalue weighted by atomic mass is 10.1. The fourth-order valence-electron chi connectivity index (χ4n) is 3.54. The number of amides is 1. The van der Waals surface area contributed by atoms with Crippen LogP contribution in [-0.2, 0) is 32.5 Å². The topological polar surface area (TPSA) is 119 Å². The number of morpholine rings is 1. The molecule has 4 heterocycles. The highest BCUT2D eigenvalue weighted by atomic mass is 32.2. The number of sulfonamides is 1. The van der Waals surface area contributed by atoms with Crippen LogP contribution >= 0.6 is 11.3 Å². The van der Waals surface area contributed by atoms with E-state index >= 15 is 0 Å². The molecule has 0 unspecified atom stereocenters. The number of ether oxygens (including phenoxy) is 1. The van der Waals surface area contributed by atoms with Gasteiger partial charge >= 0.3 is 0 Å². The molecule has 166 valence electrons. The van der Waals surface area contributed by atoms with E-state index in [-0.39, 0.29) is 10.1 Å². The van der Waals surface area contributed by atoms with Crippen LogP contribution in [0.3, 0.4) is 0 Å². The van der Waals surface area contributed by atoms with Crippen molar-refractivity contribution in [1.29, 1.82) is 0 Å². The summed E-state index contributed by atoms with van der Waals surface area (Å²) in [6.45, 7) is 5.67. The smallest absolute Gasteiger partial charge is 0.252 e. The Labute approximate surface area is 184 Å². The second kappa shape index (κ2) is 8.99. The Kier molecular flexibility index (Phi) is 6.32. The van der Waals surface area contributed by atoms with E-state index in [1.54, 1.807) is 16.6 Å². The number of hydrogen-bond donors (Lipinski definition) is 1. The first-order chi connectivity index (χ1) is 14.9. The van der Waals surface area contributed by atoms with Gasteiger partial charge in [-0.2, -0.15) is 14.4 Å². The van der Waals surface area contributed by atoms with E-state index in [2.05, 4.69) is 20.4 Å². The van der Waals surface area contributed by atoms with Gasteiger partial charge in [0.2, 0.25) is 5.91 Å². The Balaban J connectivity index is 1.34. The Morgan fingerprint density at radius 2 is 2.03 bits per heavy atom. The van der Waals surface area contributed by atoms with Gasteiger partial charge in [-0.1, -0.05) is 0 Å². The van der Waals surface area contributed by atoms with Crippen molar-refractivity contribution in [3.63, 3.8) is 0 Å². The number of nitrogens with zero attached hydrogens (tertiary/aromatic N) is 5. The third-order valence-corrected chi connectivity index (χ3v) is 8.70. The summed E-state index contributed by atoms with van der Waals surface area (Å²) in [6, 6.07) is 3.35. The van der Waals surface area contributed by atoms with Crippen molar-refractivity contribution in [1.82, 2.24) is 29.2 Å². The minimum absolute atomic E-state index is 0.108. The molecule has 12 heteroatoms. The molecule has 0 saturated carbocycles. The molecule has 0 radical (unpaired) electrons. The first kappa shape index (κ1) is 21.8. The van der Waals surface area contributed by atoms with Gasteiger partial charge in [0.05, 0.1) is 19.8 Å². The van der Waals surface area contributed by atoms with Gasteiger partial charge in [-0.05, 0) is 38.0 Å². The van der Waals surface area contributed by atoms with Crippen LogP contribution in [-0.4, -0.2) is 64.5 Å².